The molecule has 1 aliphatic carbocycles. The number of carbonyl (C=O) groups is 2. The molecular weight excluding hydrogens is 180 g/mol. The monoisotopic (exact) mass is 196 g/mol. The number of hydrogen-bond donors (Lipinski definition) is 0. The van der Waals surface area contributed by atoms with Crippen LogP contribution in [0.15, 0.2) is 0 Å². The van der Waals surface area contributed by atoms with Crippen molar-refractivity contribution in [2.45, 2.75) is 57.2 Å². The van der Waals surface area contributed by atoms with Crippen molar-refractivity contribution in [2.75, 3.05) is 0 Å². The second kappa shape index (κ2) is 2.89. The molecule has 78 valence electrons. The first-order valence-electron chi connectivity index (χ1n) is 5.19. The third-order valence-corrected chi connectivity index (χ3v) is 3.07. The summed E-state index contributed by atoms with van der Waals surface area (Å²) in [5.41, 5.74) is -1.21. The lowest BCUT2D eigenvalue weighted by Gasteiger charge is -2.41. The van der Waals surface area contributed by atoms with Gasteiger partial charge in [-0.05, 0) is 26.7 Å². The molecule has 1 spiro atoms. The molecule has 0 aromatic rings. The first kappa shape index (κ1) is 9.84. The number of rotatable bonds is 0. The van der Waals surface area contributed by atoms with Gasteiger partial charge in [-0.1, -0.05) is 0 Å². The quantitative estimate of drug-likeness (QED) is 0.591. The van der Waals surface area contributed by atoms with Gasteiger partial charge < -0.3 is 4.74 Å². The third-order valence-electron chi connectivity index (χ3n) is 3.07. The van der Waals surface area contributed by atoms with Crippen molar-refractivity contribution in [2.24, 2.45) is 0 Å². The Morgan fingerprint density at radius 1 is 1.21 bits per heavy atom. The zero-order chi connectivity index (χ0) is 10.4. The Morgan fingerprint density at radius 2 is 1.93 bits per heavy atom. The molecule has 2 rings (SSSR count). The highest BCUT2D eigenvalue weighted by atomic mass is 16.5. The van der Waals surface area contributed by atoms with E-state index in [1.165, 1.54) is 0 Å². The molecule has 2 aliphatic rings. The fourth-order valence-corrected chi connectivity index (χ4v) is 2.65. The minimum Gasteiger partial charge on any atom is -0.360 e. The van der Waals surface area contributed by atoms with Crippen LogP contribution in [0.5, 0.6) is 0 Å². The number of Topliss-reactive ketones (excluding diaryl/α,β-unsaturated/α-hetero) is 2. The molecule has 1 saturated heterocycles. The summed E-state index contributed by atoms with van der Waals surface area (Å²) in [6.45, 7) is 3.77. The molecule has 3 heteroatoms. The van der Waals surface area contributed by atoms with E-state index in [1.807, 2.05) is 13.8 Å². The topological polar surface area (TPSA) is 43.4 Å². The first-order chi connectivity index (χ1) is 6.44. The van der Waals surface area contributed by atoms with Gasteiger partial charge in [0.25, 0.3) is 0 Å². The van der Waals surface area contributed by atoms with Gasteiger partial charge in [-0.2, -0.15) is 0 Å². The van der Waals surface area contributed by atoms with Crippen LogP contribution < -0.4 is 0 Å². The van der Waals surface area contributed by atoms with E-state index < -0.39 is 11.2 Å². The Kier molecular flexibility index (Phi) is 2.03. The van der Waals surface area contributed by atoms with E-state index in [0.29, 0.717) is 19.3 Å². The third kappa shape index (κ3) is 1.50. The van der Waals surface area contributed by atoms with Crippen molar-refractivity contribution in [1.82, 2.24) is 0 Å². The number of ketones is 2. The predicted octanol–water partition coefficient (Wildman–Crippen LogP) is 1.64. The van der Waals surface area contributed by atoms with Crippen molar-refractivity contribution in [1.29, 1.82) is 0 Å². The van der Waals surface area contributed by atoms with Gasteiger partial charge in [0, 0.05) is 19.3 Å². The van der Waals surface area contributed by atoms with Gasteiger partial charge in [-0.3, -0.25) is 9.59 Å². The highest BCUT2D eigenvalue weighted by molar-refractivity contribution is 5.96. The summed E-state index contributed by atoms with van der Waals surface area (Å²) in [4.78, 5) is 23.3. The Balaban J connectivity index is 2.27. The van der Waals surface area contributed by atoms with Crippen molar-refractivity contribution >= 4 is 11.6 Å². The van der Waals surface area contributed by atoms with Gasteiger partial charge >= 0.3 is 0 Å². The van der Waals surface area contributed by atoms with Crippen LogP contribution in [0.4, 0.5) is 0 Å². The van der Waals surface area contributed by atoms with Crippen LogP contribution in [0.2, 0.25) is 0 Å². The van der Waals surface area contributed by atoms with Gasteiger partial charge in [0.15, 0.2) is 5.78 Å². The second-order valence-electron chi connectivity index (χ2n) is 5.03. The molecule has 1 aliphatic heterocycles. The van der Waals surface area contributed by atoms with Crippen LogP contribution in [0.1, 0.15) is 46.0 Å². The largest absolute Gasteiger partial charge is 0.360 e. The zero-order valence-corrected chi connectivity index (χ0v) is 8.76. The van der Waals surface area contributed by atoms with Crippen molar-refractivity contribution in [3.63, 3.8) is 0 Å². The molecule has 0 bridgehead atoms. The van der Waals surface area contributed by atoms with Gasteiger partial charge in [0.05, 0.1) is 5.60 Å². The Labute approximate surface area is 83.8 Å². The Hall–Kier alpha value is -0.700. The average Bonchev–Trinajstić information content (AvgIpc) is 2.27. The molecule has 3 nitrogen and oxygen atoms in total. The Morgan fingerprint density at radius 3 is 2.43 bits per heavy atom. The lowest BCUT2D eigenvalue weighted by atomic mass is 9.84. The van der Waals surface area contributed by atoms with Crippen LogP contribution in [-0.4, -0.2) is 22.8 Å². The molecule has 0 aromatic carbocycles. The number of hydrogen-bond acceptors (Lipinski definition) is 3. The van der Waals surface area contributed by atoms with E-state index in [2.05, 4.69) is 0 Å². The standard InChI is InChI=1S/C11H16O3/c1-10(2)6-8(12)7-11(14-10)5-3-4-9(11)13/h3-7H2,1-2H3. The van der Waals surface area contributed by atoms with Gasteiger partial charge in [-0.25, -0.2) is 0 Å². The average molecular weight is 196 g/mol. The maximum absolute atomic E-state index is 11.7. The molecular formula is C11H16O3. The summed E-state index contributed by atoms with van der Waals surface area (Å²) in [7, 11) is 0. The zero-order valence-electron chi connectivity index (χ0n) is 8.76. The van der Waals surface area contributed by atoms with E-state index in [9.17, 15) is 9.59 Å². The van der Waals surface area contributed by atoms with E-state index in [4.69, 9.17) is 4.74 Å². The number of ether oxygens (including phenoxy) is 1. The van der Waals surface area contributed by atoms with E-state index in [-0.39, 0.29) is 11.6 Å². The van der Waals surface area contributed by atoms with Crippen molar-refractivity contribution in [3.05, 3.63) is 0 Å². The molecule has 1 heterocycles. The van der Waals surface area contributed by atoms with Gasteiger partial charge in [0.2, 0.25) is 0 Å². The summed E-state index contributed by atoms with van der Waals surface area (Å²) in [5, 5.41) is 0. The predicted molar refractivity (Wildman–Crippen MR) is 51.0 cm³/mol. The lowest BCUT2D eigenvalue weighted by Crippen LogP contribution is -2.51. The van der Waals surface area contributed by atoms with Crippen LogP contribution in [-0.2, 0) is 14.3 Å². The highest BCUT2D eigenvalue weighted by Gasteiger charge is 2.51. The molecule has 0 amide bonds. The molecule has 1 atom stereocenters. The minimum absolute atomic E-state index is 0.124. The number of carbonyl (C=O) groups excluding carboxylic acids is 2. The SMILES string of the molecule is CC1(C)CC(=O)CC2(CCCC2=O)O1. The normalized spacial score (nSPS) is 36.7. The Bertz CT molecular complexity index is 293. The van der Waals surface area contributed by atoms with Crippen molar-refractivity contribution < 1.29 is 14.3 Å². The van der Waals surface area contributed by atoms with Crippen molar-refractivity contribution in [3.8, 4) is 0 Å². The summed E-state index contributed by atoms with van der Waals surface area (Å²) < 4.78 is 5.83. The minimum atomic E-state index is -0.751. The van der Waals surface area contributed by atoms with Crippen LogP contribution in [0.3, 0.4) is 0 Å². The molecule has 1 unspecified atom stereocenters. The molecule has 0 radical (unpaired) electrons. The summed E-state index contributed by atoms with van der Waals surface area (Å²) in [6.07, 6.45) is 2.89. The molecule has 0 aromatic heterocycles. The van der Waals surface area contributed by atoms with Crippen LogP contribution >= 0.6 is 0 Å². The maximum Gasteiger partial charge on any atom is 0.165 e. The summed E-state index contributed by atoms with van der Waals surface area (Å²) in [6, 6.07) is 0. The fourth-order valence-electron chi connectivity index (χ4n) is 2.65. The maximum atomic E-state index is 11.7. The van der Waals surface area contributed by atoms with E-state index in [1.54, 1.807) is 0 Å². The van der Waals surface area contributed by atoms with Crippen LogP contribution in [0.25, 0.3) is 0 Å². The van der Waals surface area contributed by atoms with Gasteiger partial charge in [0.1, 0.15) is 11.4 Å². The van der Waals surface area contributed by atoms with Gasteiger partial charge in [-0.15, -0.1) is 0 Å². The van der Waals surface area contributed by atoms with Crippen LogP contribution in [0, 0.1) is 0 Å². The fraction of sp³-hybridized carbons (Fsp3) is 0.818. The molecule has 1 saturated carbocycles. The summed E-state index contributed by atoms with van der Waals surface area (Å²) >= 11 is 0. The molecule has 2 fully saturated rings. The first-order valence-corrected chi connectivity index (χ1v) is 5.19. The lowest BCUT2D eigenvalue weighted by molar-refractivity contribution is -0.184. The van der Waals surface area contributed by atoms with E-state index in [0.717, 1.165) is 12.8 Å². The second-order valence-corrected chi connectivity index (χ2v) is 5.03. The molecule has 0 N–H and O–H groups in total. The summed E-state index contributed by atoms with van der Waals surface area (Å²) in [5.74, 6) is 0.287. The molecule has 14 heavy (non-hydrogen) atoms. The van der Waals surface area contributed by atoms with E-state index >= 15 is 0 Å². The highest BCUT2D eigenvalue weighted by Crippen LogP contribution is 2.41. The smallest absolute Gasteiger partial charge is 0.165 e.